The van der Waals surface area contributed by atoms with Crippen LogP contribution in [-0.2, 0) is 22.6 Å². The number of ether oxygens (including phenoxy) is 1. The molecular formula is C26H26Br2N2O3. The minimum atomic E-state index is -0.677. The average molecular weight is 574 g/mol. The van der Waals surface area contributed by atoms with Gasteiger partial charge in [0, 0.05) is 29.0 Å². The number of aryl methyl sites for hydroxylation is 1. The number of rotatable bonds is 9. The summed E-state index contributed by atoms with van der Waals surface area (Å²) in [6.07, 6.45) is 0.403. The first-order valence-electron chi connectivity index (χ1n) is 10.6. The summed E-state index contributed by atoms with van der Waals surface area (Å²) in [7, 11) is 1.59. The first-order valence-corrected chi connectivity index (χ1v) is 12.1. The number of likely N-dealkylation sites (N-methyl/N-ethyl adjacent to an activating group) is 1. The SMILES string of the molecule is CNC(=O)C(Cc1ccccc1)N(Cc1ccc(Br)cc1)C(=O)COc1ccc(Br)c(C)c1. The van der Waals surface area contributed by atoms with Crippen molar-refractivity contribution in [3.8, 4) is 5.75 Å². The third kappa shape index (κ3) is 7.17. The zero-order valence-electron chi connectivity index (χ0n) is 18.6. The molecule has 0 aliphatic heterocycles. The van der Waals surface area contributed by atoms with E-state index in [1.165, 1.54) is 0 Å². The monoisotopic (exact) mass is 572 g/mol. The van der Waals surface area contributed by atoms with Gasteiger partial charge in [-0.1, -0.05) is 74.3 Å². The molecule has 0 bridgehead atoms. The second-order valence-corrected chi connectivity index (χ2v) is 9.44. The molecule has 1 atom stereocenters. The first kappa shape index (κ1) is 25.0. The molecule has 0 fully saturated rings. The lowest BCUT2D eigenvalue weighted by molar-refractivity contribution is -0.142. The Morgan fingerprint density at radius 3 is 2.30 bits per heavy atom. The molecule has 0 radical (unpaired) electrons. The molecule has 0 aliphatic carbocycles. The lowest BCUT2D eigenvalue weighted by Gasteiger charge is -2.31. The van der Waals surface area contributed by atoms with Crippen LogP contribution in [0.25, 0.3) is 0 Å². The van der Waals surface area contributed by atoms with E-state index in [2.05, 4.69) is 37.2 Å². The van der Waals surface area contributed by atoms with Gasteiger partial charge < -0.3 is 15.0 Å². The number of nitrogens with one attached hydrogen (secondary N) is 1. The van der Waals surface area contributed by atoms with Crippen molar-refractivity contribution in [2.75, 3.05) is 13.7 Å². The Kier molecular flexibility index (Phi) is 9.09. The molecule has 172 valence electrons. The number of benzene rings is 3. The number of carbonyl (C=O) groups is 2. The standard InChI is InChI=1S/C26H26Br2N2O3/c1-18-14-22(12-13-23(18)28)33-17-25(31)30(16-20-8-10-21(27)11-9-20)24(26(32)29-2)15-19-6-4-3-5-7-19/h3-14,24H,15-17H2,1-2H3,(H,29,32). The zero-order valence-corrected chi connectivity index (χ0v) is 21.7. The third-order valence-electron chi connectivity index (χ3n) is 5.28. The molecule has 0 spiro atoms. The maximum atomic E-state index is 13.4. The predicted octanol–water partition coefficient (Wildman–Crippen LogP) is 5.28. The Labute approximate surface area is 211 Å². The summed E-state index contributed by atoms with van der Waals surface area (Å²) in [6.45, 7) is 2.08. The van der Waals surface area contributed by atoms with Gasteiger partial charge in [-0.3, -0.25) is 9.59 Å². The third-order valence-corrected chi connectivity index (χ3v) is 6.69. The molecular weight excluding hydrogens is 548 g/mol. The largest absolute Gasteiger partial charge is 0.484 e. The molecule has 0 aliphatic rings. The van der Waals surface area contributed by atoms with E-state index in [0.29, 0.717) is 18.7 Å². The van der Waals surface area contributed by atoms with Crippen LogP contribution in [0.2, 0.25) is 0 Å². The number of hydrogen-bond donors (Lipinski definition) is 1. The van der Waals surface area contributed by atoms with Crippen LogP contribution in [0, 0.1) is 6.92 Å². The minimum Gasteiger partial charge on any atom is -0.484 e. The molecule has 0 heterocycles. The number of carbonyl (C=O) groups excluding carboxylic acids is 2. The zero-order chi connectivity index (χ0) is 23.8. The Morgan fingerprint density at radius 1 is 0.970 bits per heavy atom. The fraction of sp³-hybridized carbons (Fsp3) is 0.231. The molecule has 3 rings (SSSR count). The Morgan fingerprint density at radius 2 is 1.67 bits per heavy atom. The lowest BCUT2D eigenvalue weighted by Crippen LogP contribution is -2.51. The summed E-state index contributed by atoms with van der Waals surface area (Å²) < 4.78 is 7.73. The van der Waals surface area contributed by atoms with Gasteiger partial charge in [-0.2, -0.15) is 0 Å². The van der Waals surface area contributed by atoms with Crippen molar-refractivity contribution >= 4 is 43.7 Å². The Bertz CT molecular complexity index is 1090. The van der Waals surface area contributed by atoms with Gasteiger partial charge in [0.25, 0.3) is 5.91 Å². The van der Waals surface area contributed by atoms with Crippen LogP contribution in [0.4, 0.5) is 0 Å². The summed E-state index contributed by atoms with van der Waals surface area (Å²) in [5.74, 6) is 0.124. The van der Waals surface area contributed by atoms with Gasteiger partial charge in [-0.25, -0.2) is 0 Å². The van der Waals surface area contributed by atoms with Crippen molar-refractivity contribution in [2.45, 2.75) is 25.9 Å². The molecule has 1 N–H and O–H groups in total. The maximum Gasteiger partial charge on any atom is 0.261 e. The summed E-state index contributed by atoms with van der Waals surface area (Å²) in [6, 6.07) is 22.3. The Balaban J connectivity index is 1.86. The van der Waals surface area contributed by atoms with Crippen LogP contribution in [0.3, 0.4) is 0 Å². The molecule has 5 nitrogen and oxygen atoms in total. The van der Waals surface area contributed by atoms with E-state index in [0.717, 1.165) is 25.6 Å². The fourth-order valence-electron chi connectivity index (χ4n) is 3.44. The predicted molar refractivity (Wildman–Crippen MR) is 137 cm³/mol. The van der Waals surface area contributed by atoms with E-state index in [9.17, 15) is 9.59 Å². The first-order chi connectivity index (χ1) is 15.9. The minimum absolute atomic E-state index is 0.167. The van der Waals surface area contributed by atoms with Crippen molar-refractivity contribution in [1.29, 1.82) is 0 Å². The number of hydrogen-bond acceptors (Lipinski definition) is 3. The molecule has 0 aromatic heterocycles. The molecule has 1 unspecified atom stereocenters. The number of amides is 2. The molecule has 7 heteroatoms. The molecule has 0 saturated carbocycles. The lowest BCUT2D eigenvalue weighted by atomic mass is 10.0. The normalized spacial score (nSPS) is 11.5. The van der Waals surface area contributed by atoms with Gasteiger partial charge in [-0.05, 0) is 53.9 Å². The Hall–Kier alpha value is -2.64. The quantitative estimate of drug-likeness (QED) is 0.379. The number of nitrogens with zero attached hydrogens (tertiary/aromatic N) is 1. The summed E-state index contributed by atoms with van der Waals surface area (Å²) in [4.78, 5) is 27.9. The van der Waals surface area contributed by atoms with Crippen molar-refractivity contribution in [3.05, 3.63) is 98.4 Å². The van der Waals surface area contributed by atoms with Crippen LogP contribution in [-0.4, -0.2) is 36.4 Å². The van der Waals surface area contributed by atoms with E-state index >= 15 is 0 Å². The van der Waals surface area contributed by atoms with Crippen LogP contribution < -0.4 is 10.1 Å². The highest BCUT2D eigenvalue weighted by atomic mass is 79.9. The fourth-order valence-corrected chi connectivity index (χ4v) is 3.95. The average Bonchev–Trinajstić information content (AvgIpc) is 2.83. The summed E-state index contributed by atoms with van der Waals surface area (Å²) >= 11 is 6.91. The molecule has 0 saturated heterocycles. The van der Waals surface area contributed by atoms with E-state index in [-0.39, 0.29) is 18.4 Å². The molecule has 3 aromatic rings. The topological polar surface area (TPSA) is 58.6 Å². The van der Waals surface area contributed by atoms with Gasteiger partial charge in [0.2, 0.25) is 5.91 Å². The molecule has 33 heavy (non-hydrogen) atoms. The van der Waals surface area contributed by atoms with Crippen LogP contribution in [0.1, 0.15) is 16.7 Å². The van der Waals surface area contributed by atoms with E-state index in [1.54, 1.807) is 11.9 Å². The van der Waals surface area contributed by atoms with Crippen molar-refractivity contribution in [2.24, 2.45) is 0 Å². The second-order valence-electron chi connectivity index (χ2n) is 7.67. The van der Waals surface area contributed by atoms with Crippen molar-refractivity contribution < 1.29 is 14.3 Å². The van der Waals surface area contributed by atoms with E-state index < -0.39 is 6.04 Å². The summed E-state index contributed by atoms with van der Waals surface area (Å²) in [5, 5.41) is 2.72. The van der Waals surface area contributed by atoms with Gasteiger partial charge in [0.15, 0.2) is 6.61 Å². The smallest absolute Gasteiger partial charge is 0.261 e. The van der Waals surface area contributed by atoms with Crippen LogP contribution in [0.15, 0.2) is 81.7 Å². The van der Waals surface area contributed by atoms with E-state index in [1.807, 2.05) is 79.7 Å². The van der Waals surface area contributed by atoms with Crippen LogP contribution >= 0.6 is 31.9 Å². The maximum absolute atomic E-state index is 13.4. The molecule has 2 amide bonds. The highest BCUT2D eigenvalue weighted by Gasteiger charge is 2.30. The second kappa shape index (κ2) is 12.0. The summed E-state index contributed by atoms with van der Waals surface area (Å²) in [5.41, 5.74) is 2.91. The van der Waals surface area contributed by atoms with Gasteiger partial charge in [0.05, 0.1) is 0 Å². The van der Waals surface area contributed by atoms with Gasteiger partial charge in [-0.15, -0.1) is 0 Å². The highest BCUT2D eigenvalue weighted by molar-refractivity contribution is 9.10. The van der Waals surface area contributed by atoms with Crippen LogP contribution in [0.5, 0.6) is 5.75 Å². The van der Waals surface area contributed by atoms with Gasteiger partial charge in [0.1, 0.15) is 11.8 Å². The van der Waals surface area contributed by atoms with E-state index in [4.69, 9.17) is 4.74 Å². The van der Waals surface area contributed by atoms with Gasteiger partial charge >= 0.3 is 0 Å². The highest BCUT2D eigenvalue weighted by Crippen LogP contribution is 2.22. The van der Waals surface area contributed by atoms with Crippen molar-refractivity contribution in [3.63, 3.8) is 0 Å². The van der Waals surface area contributed by atoms with Crippen molar-refractivity contribution in [1.82, 2.24) is 10.2 Å². The number of halogens is 2. The molecule has 3 aromatic carbocycles.